The van der Waals surface area contributed by atoms with Crippen molar-refractivity contribution < 1.29 is 4.74 Å². The van der Waals surface area contributed by atoms with Gasteiger partial charge < -0.3 is 10.1 Å². The Morgan fingerprint density at radius 3 is 2.21 bits per heavy atom. The molecule has 0 amide bonds. The fourth-order valence-electron chi connectivity index (χ4n) is 3.27. The Morgan fingerprint density at radius 1 is 1.21 bits per heavy atom. The van der Waals surface area contributed by atoms with E-state index in [-0.39, 0.29) is 5.60 Å². The zero-order chi connectivity index (χ0) is 14.5. The molecule has 0 aromatic rings. The summed E-state index contributed by atoms with van der Waals surface area (Å²) in [4.78, 5) is 0. The van der Waals surface area contributed by atoms with Crippen LogP contribution in [0, 0.1) is 5.41 Å². The monoisotopic (exact) mass is 267 g/mol. The van der Waals surface area contributed by atoms with Crippen LogP contribution in [0.15, 0.2) is 12.2 Å². The van der Waals surface area contributed by atoms with Gasteiger partial charge in [-0.3, -0.25) is 0 Å². The van der Waals surface area contributed by atoms with Gasteiger partial charge in [-0.2, -0.15) is 0 Å². The van der Waals surface area contributed by atoms with Gasteiger partial charge >= 0.3 is 0 Å². The van der Waals surface area contributed by atoms with Crippen LogP contribution in [0.3, 0.4) is 0 Å². The second-order valence-electron chi connectivity index (χ2n) is 6.93. The lowest BCUT2D eigenvalue weighted by atomic mass is 9.67. The topological polar surface area (TPSA) is 21.3 Å². The smallest absolute Gasteiger partial charge is 0.0838 e. The van der Waals surface area contributed by atoms with Crippen molar-refractivity contribution in [3.63, 3.8) is 0 Å². The molecule has 0 aromatic heterocycles. The van der Waals surface area contributed by atoms with Crippen LogP contribution >= 0.6 is 0 Å². The molecule has 1 rings (SSSR count). The predicted molar refractivity (Wildman–Crippen MR) is 83.5 cm³/mol. The maximum absolute atomic E-state index is 6.28. The molecule has 1 saturated carbocycles. The molecular formula is C17H33NO. The van der Waals surface area contributed by atoms with Crippen molar-refractivity contribution in [2.24, 2.45) is 5.41 Å². The fourth-order valence-corrected chi connectivity index (χ4v) is 3.27. The second-order valence-corrected chi connectivity index (χ2v) is 6.93. The summed E-state index contributed by atoms with van der Waals surface area (Å²) in [5.41, 5.74) is 1.73. The van der Waals surface area contributed by atoms with E-state index in [2.05, 4.69) is 46.5 Å². The van der Waals surface area contributed by atoms with E-state index < -0.39 is 0 Å². The molecule has 0 aromatic carbocycles. The standard InChI is InChI=1S/C17H33NO/c1-7-18-15(13-14(3)4)17(19-8-2)11-9-16(5,6)10-12-17/h15,18H,3,7-13H2,1-2,4-6H3. The first-order valence-electron chi connectivity index (χ1n) is 7.87. The number of hydrogen-bond acceptors (Lipinski definition) is 2. The van der Waals surface area contributed by atoms with Gasteiger partial charge in [0.1, 0.15) is 0 Å². The van der Waals surface area contributed by atoms with Gasteiger partial charge in [0.05, 0.1) is 5.60 Å². The van der Waals surface area contributed by atoms with Crippen molar-refractivity contribution >= 4 is 0 Å². The van der Waals surface area contributed by atoms with Crippen molar-refractivity contribution in [3.05, 3.63) is 12.2 Å². The predicted octanol–water partition coefficient (Wildman–Crippen LogP) is 4.31. The van der Waals surface area contributed by atoms with E-state index in [9.17, 15) is 0 Å². The molecule has 0 aliphatic heterocycles. The Bertz CT molecular complexity index is 286. The summed E-state index contributed by atoms with van der Waals surface area (Å²) in [6.07, 6.45) is 5.86. The molecule has 2 heteroatoms. The van der Waals surface area contributed by atoms with E-state index in [0.29, 0.717) is 11.5 Å². The summed E-state index contributed by atoms with van der Waals surface area (Å²) in [7, 11) is 0. The average molecular weight is 267 g/mol. The van der Waals surface area contributed by atoms with Gasteiger partial charge in [-0.1, -0.05) is 26.3 Å². The lowest BCUT2D eigenvalue weighted by Crippen LogP contribution is -2.55. The van der Waals surface area contributed by atoms with Crippen LogP contribution in [-0.4, -0.2) is 24.8 Å². The van der Waals surface area contributed by atoms with E-state index >= 15 is 0 Å². The normalized spacial score (nSPS) is 23.0. The highest BCUT2D eigenvalue weighted by atomic mass is 16.5. The molecule has 0 radical (unpaired) electrons. The minimum Gasteiger partial charge on any atom is -0.374 e. The zero-order valence-electron chi connectivity index (χ0n) is 13.6. The largest absolute Gasteiger partial charge is 0.374 e. The molecule has 1 N–H and O–H groups in total. The van der Waals surface area contributed by atoms with Crippen LogP contribution in [-0.2, 0) is 4.74 Å². The van der Waals surface area contributed by atoms with Crippen LogP contribution in [0.4, 0.5) is 0 Å². The van der Waals surface area contributed by atoms with Crippen LogP contribution in [0.25, 0.3) is 0 Å². The molecular weight excluding hydrogens is 234 g/mol. The van der Waals surface area contributed by atoms with E-state index in [1.165, 1.54) is 31.3 Å². The van der Waals surface area contributed by atoms with Crippen LogP contribution in [0.2, 0.25) is 0 Å². The molecule has 0 heterocycles. The SMILES string of the molecule is C=C(C)CC(NCC)C1(OCC)CCC(C)(C)CC1. The third-order valence-electron chi connectivity index (χ3n) is 4.52. The van der Waals surface area contributed by atoms with Crippen LogP contribution < -0.4 is 5.32 Å². The average Bonchev–Trinajstić information content (AvgIpc) is 2.31. The number of nitrogens with one attached hydrogen (secondary N) is 1. The first-order valence-corrected chi connectivity index (χ1v) is 7.87. The molecule has 1 atom stereocenters. The van der Waals surface area contributed by atoms with Gasteiger partial charge in [0, 0.05) is 12.6 Å². The Kier molecular flexibility index (Phi) is 6.07. The van der Waals surface area contributed by atoms with Gasteiger partial charge in [-0.15, -0.1) is 6.58 Å². The first-order chi connectivity index (χ1) is 8.85. The molecule has 112 valence electrons. The van der Waals surface area contributed by atoms with Gasteiger partial charge in [0.2, 0.25) is 0 Å². The van der Waals surface area contributed by atoms with Crippen LogP contribution in [0.1, 0.15) is 66.7 Å². The van der Waals surface area contributed by atoms with E-state index in [4.69, 9.17) is 4.74 Å². The summed E-state index contributed by atoms with van der Waals surface area (Å²) in [6.45, 7) is 17.1. The molecule has 1 aliphatic rings. The van der Waals surface area contributed by atoms with E-state index in [1.807, 2.05) is 0 Å². The number of hydrogen-bond donors (Lipinski definition) is 1. The molecule has 0 bridgehead atoms. The highest BCUT2D eigenvalue weighted by molar-refractivity contribution is 5.04. The van der Waals surface area contributed by atoms with Gasteiger partial charge in [-0.05, 0) is 57.9 Å². The molecule has 19 heavy (non-hydrogen) atoms. The summed E-state index contributed by atoms with van der Waals surface area (Å²) < 4.78 is 6.28. The minimum atomic E-state index is 0.0131. The Hall–Kier alpha value is -0.340. The molecule has 2 nitrogen and oxygen atoms in total. The maximum Gasteiger partial charge on any atom is 0.0838 e. The third kappa shape index (κ3) is 4.61. The summed E-state index contributed by atoms with van der Waals surface area (Å²) in [5, 5.41) is 3.65. The Labute approximate surface area is 120 Å². The first kappa shape index (κ1) is 16.7. The number of ether oxygens (including phenoxy) is 1. The minimum absolute atomic E-state index is 0.0131. The van der Waals surface area contributed by atoms with Crippen molar-refractivity contribution in [2.45, 2.75) is 78.4 Å². The maximum atomic E-state index is 6.28. The molecule has 1 aliphatic carbocycles. The van der Waals surface area contributed by atoms with Crippen LogP contribution in [0.5, 0.6) is 0 Å². The van der Waals surface area contributed by atoms with Gasteiger partial charge in [0.25, 0.3) is 0 Å². The number of rotatable bonds is 7. The summed E-state index contributed by atoms with van der Waals surface area (Å²) >= 11 is 0. The summed E-state index contributed by atoms with van der Waals surface area (Å²) in [5.74, 6) is 0. The van der Waals surface area contributed by atoms with E-state index in [0.717, 1.165) is 19.6 Å². The van der Waals surface area contributed by atoms with E-state index in [1.54, 1.807) is 0 Å². The molecule has 1 unspecified atom stereocenters. The Balaban J connectivity index is 2.86. The summed E-state index contributed by atoms with van der Waals surface area (Å²) in [6, 6.07) is 0.408. The molecule has 1 fully saturated rings. The van der Waals surface area contributed by atoms with Crippen molar-refractivity contribution in [3.8, 4) is 0 Å². The van der Waals surface area contributed by atoms with Crippen molar-refractivity contribution in [2.75, 3.05) is 13.2 Å². The van der Waals surface area contributed by atoms with Crippen molar-refractivity contribution in [1.29, 1.82) is 0 Å². The van der Waals surface area contributed by atoms with Gasteiger partial charge in [0.15, 0.2) is 0 Å². The third-order valence-corrected chi connectivity index (χ3v) is 4.52. The highest BCUT2D eigenvalue weighted by Gasteiger charge is 2.44. The second kappa shape index (κ2) is 6.90. The lowest BCUT2D eigenvalue weighted by molar-refractivity contribution is -0.106. The number of likely N-dealkylation sites (N-methyl/N-ethyl adjacent to an activating group) is 1. The fraction of sp³-hybridized carbons (Fsp3) is 0.882. The highest BCUT2D eigenvalue weighted by Crippen LogP contribution is 2.44. The lowest BCUT2D eigenvalue weighted by Gasteiger charge is -2.48. The Morgan fingerprint density at radius 2 is 1.79 bits per heavy atom. The molecule has 0 saturated heterocycles. The quantitative estimate of drug-likeness (QED) is 0.694. The van der Waals surface area contributed by atoms with Crippen molar-refractivity contribution in [1.82, 2.24) is 5.32 Å². The van der Waals surface area contributed by atoms with Gasteiger partial charge in [-0.25, -0.2) is 0 Å². The molecule has 0 spiro atoms. The zero-order valence-corrected chi connectivity index (χ0v) is 13.6.